The molecule has 116 valence electrons. The molecule has 5 N–H and O–H groups in total. The number of nitrogens with two attached hydrogens (primary N) is 1. The molecule has 21 heavy (non-hydrogen) atoms. The van der Waals surface area contributed by atoms with Crippen molar-refractivity contribution < 1.29 is 19.5 Å². The molecule has 0 fully saturated rings. The number of rotatable bonds is 8. The van der Waals surface area contributed by atoms with Crippen LogP contribution in [-0.2, 0) is 11.3 Å². The van der Waals surface area contributed by atoms with E-state index in [0.29, 0.717) is 36.5 Å². The number of amides is 3. The molecular weight excluding hydrogens is 296 g/mol. The maximum Gasteiger partial charge on any atom is 0.347 e. The number of nitrogens with zero attached hydrogens (tertiary/aromatic N) is 1. The molecule has 1 rings (SSSR count). The Hall–Kier alpha value is -2.16. The highest BCUT2D eigenvalue weighted by Gasteiger charge is 2.14. The maximum absolute atomic E-state index is 11.5. The van der Waals surface area contributed by atoms with Gasteiger partial charge in [-0.05, 0) is 19.8 Å². The number of unbranched alkanes of at least 4 members (excludes halogenated alkanes) is 1. The zero-order chi connectivity index (χ0) is 15.8. The van der Waals surface area contributed by atoms with Crippen molar-refractivity contribution in [2.75, 3.05) is 6.54 Å². The molecule has 0 aliphatic carbocycles. The van der Waals surface area contributed by atoms with E-state index in [1.165, 1.54) is 0 Å². The van der Waals surface area contributed by atoms with Crippen molar-refractivity contribution in [3.8, 4) is 0 Å². The summed E-state index contributed by atoms with van der Waals surface area (Å²) in [7, 11) is 0. The highest BCUT2D eigenvalue weighted by atomic mass is 32.1. The first kappa shape index (κ1) is 16.9. The van der Waals surface area contributed by atoms with E-state index in [-0.39, 0.29) is 23.4 Å². The number of aromatic nitrogens is 1. The van der Waals surface area contributed by atoms with Crippen LogP contribution in [-0.4, -0.2) is 34.5 Å². The second-order valence-corrected chi connectivity index (χ2v) is 5.44. The lowest BCUT2D eigenvalue weighted by atomic mass is 10.2. The average molecular weight is 314 g/mol. The monoisotopic (exact) mass is 314 g/mol. The van der Waals surface area contributed by atoms with E-state index in [2.05, 4.69) is 15.6 Å². The Bertz CT molecular complexity index is 529. The van der Waals surface area contributed by atoms with Crippen LogP contribution < -0.4 is 16.4 Å². The molecule has 0 bridgehead atoms. The van der Waals surface area contributed by atoms with Gasteiger partial charge < -0.3 is 21.5 Å². The Morgan fingerprint density at radius 3 is 2.57 bits per heavy atom. The normalized spacial score (nSPS) is 10.1. The van der Waals surface area contributed by atoms with Gasteiger partial charge in [0.2, 0.25) is 5.91 Å². The van der Waals surface area contributed by atoms with Crippen LogP contribution in [0.1, 0.15) is 39.6 Å². The molecule has 0 spiro atoms. The zero-order valence-corrected chi connectivity index (χ0v) is 12.5. The number of thiazole rings is 1. The topological polar surface area (TPSA) is 134 Å². The Kier molecular flexibility index (Phi) is 6.60. The number of carbonyl (C=O) groups is 3. The number of hydrogen-bond donors (Lipinski definition) is 4. The summed E-state index contributed by atoms with van der Waals surface area (Å²) in [6, 6.07) is -0.362. The van der Waals surface area contributed by atoms with Crippen LogP contribution in [0.25, 0.3) is 0 Å². The quantitative estimate of drug-likeness (QED) is 0.521. The molecule has 3 amide bonds. The molecule has 1 heterocycles. The van der Waals surface area contributed by atoms with E-state index in [1.807, 2.05) is 0 Å². The Morgan fingerprint density at radius 1 is 1.29 bits per heavy atom. The third-order valence-corrected chi connectivity index (χ3v) is 3.72. The first-order valence-electron chi connectivity index (χ1n) is 6.39. The van der Waals surface area contributed by atoms with Crippen molar-refractivity contribution in [3.05, 3.63) is 15.6 Å². The molecule has 0 atom stereocenters. The average Bonchev–Trinajstić information content (AvgIpc) is 2.77. The number of carbonyl (C=O) groups excluding carboxylic acids is 2. The van der Waals surface area contributed by atoms with Gasteiger partial charge in [-0.1, -0.05) is 0 Å². The summed E-state index contributed by atoms with van der Waals surface area (Å²) in [6.07, 6.45) is 1.60. The van der Waals surface area contributed by atoms with Crippen molar-refractivity contribution in [1.29, 1.82) is 0 Å². The first-order valence-corrected chi connectivity index (χ1v) is 7.21. The summed E-state index contributed by atoms with van der Waals surface area (Å²) in [5.41, 5.74) is 5.44. The minimum Gasteiger partial charge on any atom is -0.477 e. The highest BCUT2D eigenvalue weighted by molar-refractivity contribution is 7.13. The number of carboxylic acids is 1. The fourth-order valence-corrected chi connectivity index (χ4v) is 2.41. The van der Waals surface area contributed by atoms with E-state index < -0.39 is 5.97 Å². The Labute approximate surface area is 125 Å². The summed E-state index contributed by atoms with van der Waals surface area (Å²) in [5.74, 6) is -1.37. The lowest BCUT2D eigenvalue weighted by Gasteiger charge is -2.05. The van der Waals surface area contributed by atoms with Crippen molar-refractivity contribution in [3.63, 3.8) is 0 Å². The fraction of sp³-hybridized carbons (Fsp3) is 0.500. The van der Waals surface area contributed by atoms with Crippen LogP contribution in [0.3, 0.4) is 0 Å². The molecule has 8 nitrogen and oxygen atoms in total. The van der Waals surface area contributed by atoms with Crippen molar-refractivity contribution >= 4 is 29.2 Å². The SMILES string of the molecule is Cc1nc(CNC(=O)NCCCCC(N)=O)sc1C(=O)O. The standard InChI is InChI=1S/C12H18N4O4S/c1-7-10(11(18)19)21-9(16-7)6-15-12(20)14-5-3-2-4-8(13)17/h2-6H2,1H3,(H2,13,17)(H,18,19)(H2,14,15,20). The number of aromatic carboxylic acids is 1. The van der Waals surface area contributed by atoms with Gasteiger partial charge in [0.15, 0.2) is 0 Å². The van der Waals surface area contributed by atoms with E-state index in [4.69, 9.17) is 10.8 Å². The van der Waals surface area contributed by atoms with Gasteiger partial charge in [0.05, 0.1) is 12.2 Å². The van der Waals surface area contributed by atoms with Gasteiger partial charge >= 0.3 is 12.0 Å². The van der Waals surface area contributed by atoms with Crippen LogP contribution in [0, 0.1) is 6.92 Å². The largest absolute Gasteiger partial charge is 0.477 e. The minimum atomic E-state index is -1.02. The van der Waals surface area contributed by atoms with Crippen molar-refractivity contribution in [2.24, 2.45) is 5.73 Å². The number of aryl methyl sites for hydroxylation is 1. The van der Waals surface area contributed by atoms with Crippen LogP contribution in [0.4, 0.5) is 4.79 Å². The van der Waals surface area contributed by atoms with E-state index in [0.717, 1.165) is 11.3 Å². The number of urea groups is 1. The van der Waals surface area contributed by atoms with Gasteiger partial charge in [-0.2, -0.15) is 0 Å². The third-order valence-electron chi connectivity index (χ3n) is 2.57. The number of nitrogens with one attached hydrogen (secondary N) is 2. The molecule has 1 aromatic heterocycles. The zero-order valence-electron chi connectivity index (χ0n) is 11.6. The molecule has 0 aliphatic rings. The summed E-state index contributed by atoms with van der Waals surface area (Å²) in [5, 5.41) is 14.7. The molecule has 1 aromatic rings. The number of hydrogen-bond acceptors (Lipinski definition) is 5. The van der Waals surface area contributed by atoms with Gasteiger partial charge in [-0.15, -0.1) is 11.3 Å². The van der Waals surface area contributed by atoms with E-state index in [1.54, 1.807) is 6.92 Å². The van der Waals surface area contributed by atoms with E-state index >= 15 is 0 Å². The molecule has 0 aromatic carbocycles. The number of carboxylic acid groups (broad SMARTS) is 1. The van der Waals surface area contributed by atoms with E-state index in [9.17, 15) is 14.4 Å². The Balaban J connectivity index is 2.25. The van der Waals surface area contributed by atoms with Gasteiger partial charge in [0.25, 0.3) is 0 Å². The number of primary amides is 1. The molecule has 9 heteroatoms. The van der Waals surface area contributed by atoms with Gasteiger partial charge in [0, 0.05) is 13.0 Å². The van der Waals surface area contributed by atoms with Crippen LogP contribution >= 0.6 is 11.3 Å². The molecule has 0 saturated carbocycles. The maximum atomic E-state index is 11.5. The lowest BCUT2D eigenvalue weighted by Crippen LogP contribution is -2.35. The summed E-state index contributed by atoms with van der Waals surface area (Å²) < 4.78 is 0. The summed E-state index contributed by atoms with van der Waals surface area (Å²) >= 11 is 1.04. The summed E-state index contributed by atoms with van der Waals surface area (Å²) in [6.45, 7) is 2.23. The molecular formula is C12H18N4O4S. The minimum absolute atomic E-state index is 0.173. The van der Waals surface area contributed by atoms with Crippen LogP contribution in [0.2, 0.25) is 0 Å². The molecule has 0 unspecified atom stereocenters. The summed E-state index contributed by atoms with van der Waals surface area (Å²) in [4.78, 5) is 37.1. The van der Waals surface area contributed by atoms with Crippen molar-refractivity contribution in [2.45, 2.75) is 32.7 Å². The molecule has 0 saturated heterocycles. The predicted octanol–water partition coefficient (Wildman–Crippen LogP) is 0.605. The second-order valence-electron chi connectivity index (χ2n) is 4.36. The third kappa shape index (κ3) is 6.21. The van der Waals surface area contributed by atoms with Crippen molar-refractivity contribution in [1.82, 2.24) is 15.6 Å². The lowest BCUT2D eigenvalue weighted by molar-refractivity contribution is -0.118. The molecule has 0 aliphatic heterocycles. The fourth-order valence-electron chi connectivity index (χ4n) is 1.57. The second kappa shape index (κ2) is 8.20. The predicted molar refractivity (Wildman–Crippen MR) is 77.1 cm³/mol. The molecule has 0 radical (unpaired) electrons. The van der Waals surface area contributed by atoms with Gasteiger partial charge in [0.1, 0.15) is 9.88 Å². The smallest absolute Gasteiger partial charge is 0.347 e. The van der Waals surface area contributed by atoms with Crippen LogP contribution in [0.15, 0.2) is 0 Å². The van der Waals surface area contributed by atoms with Gasteiger partial charge in [-0.3, -0.25) is 4.79 Å². The van der Waals surface area contributed by atoms with Crippen LogP contribution in [0.5, 0.6) is 0 Å². The Morgan fingerprint density at radius 2 is 2.00 bits per heavy atom. The highest BCUT2D eigenvalue weighted by Crippen LogP contribution is 2.17. The van der Waals surface area contributed by atoms with Gasteiger partial charge in [-0.25, -0.2) is 14.6 Å². The first-order chi connectivity index (χ1) is 9.90.